The minimum Gasteiger partial charge on any atom is -0.330 e. The number of carbonyl (C=O) groups excluding carboxylic acids is 1. The Hall–Kier alpha value is -1.59. The van der Waals surface area contributed by atoms with Gasteiger partial charge in [-0.25, -0.2) is 9.78 Å². The van der Waals surface area contributed by atoms with Gasteiger partial charge in [-0.1, -0.05) is 17.7 Å². The maximum Gasteiger partial charge on any atom is 0.320 e. The molecule has 1 unspecified atom stereocenters. The molecule has 0 aliphatic carbocycles. The van der Waals surface area contributed by atoms with Gasteiger partial charge in [-0.3, -0.25) is 5.32 Å². The summed E-state index contributed by atoms with van der Waals surface area (Å²) in [6.45, 7) is 1.90. The summed E-state index contributed by atoms with van der Waals surface area (Å²) >= 11 is 7.30. The van der Waals surface area contributed by atoms with Crippen molar-refractivity contribution in [3.8, 4) is 0 Å². The zero-order chi connectivity index (χ0) is 13.0. The maximum absolute atomic E-state index is 11.7. The van der Waals surface area contributed by atoms with E-state index in [9.17, 15) is 4.79 Å². The Bertz CT molecular complexity index is 529. The summed E-state index contributed by atoms with van der Waals surface area (Å²) in [4.78, 5) is 16.7. The van der Waals surface area contributed by atoms with Gasteiger partial charge < -0.3 is 5.32 Å². The molecule has 0 saturated heterocycles. The number of hydrogen-bond acceptors (Lipinski definition) is 3. The van der Waals surface area contributed by atoms with Crippen molar-refractivity contribution in [3.05, 3.63) is 45.7 Å². The number of nitrogens with zero attached hydrogens (tertiary/aromatic N) is 1. The van der Waals surface area contributed by atoms with Crippen LogP contribution in [0.2, 0.25) is 4.34 Å². The first-order chi connectivity index (χ1) is 8.65. The second-order valence-corrected chi connectivity index (χ2v) is 5.42. The van der Waals surface area contributed by atoms with Crippen molar-refractivity contribution in [1.29, 1.82) is 0 Å². The van der Waals surface area contributed by atoms with Gasteiger partial charge in [0.2, 0.25) is 0 Å². The molecule has 0 fully saturated rings. The minimum atomic E-state index is -0.286. The number of pyridine rings is 1. The Morgan fingerprint density at radius 2 is 2.22 bits per heavy atom. The van der Waals surface area contributed by atoms with Gasteiger partial charge in [-0.15, -0.1) is 11.3 Å². The van der Waals surface area contributed by atoms with Crippen LogP contribution in [0, 0.1) is 0 Å². The third-order valence-corrected chi connectivity index (χ3v) is 3.69. The molecule has 4 nitrogen and oxygen atoms in total. The van der Waals surface area contributed by atoms with Crippen molar-refractivity contribution in [2.24, 2.45) is 0 Å². The average molecular weight is 282 g/mol. The molecule has 94 valence electrons. The Labute approximate surface area is 114 Å². The third kappa shape index (κ3) is 3.45. The number of anilines is 1. The van der Waals surface area contributed by atoms with Gasteiger partial charge in [0, 0.05) is 11.1 Å². The van der Waals surface area contributed by atoms with Gasteiger partial charge in [0.15, 0.2) is 0 Å². The molecule has 0 aliphatic heterocycles. The smallest absolute Gasteiger partial charge is 0.320 e. The summed E-state index contributed by atoms with van der Waals surface area (Å²) < 4.78 is 0.712. The normalized spacial score (nSPS) is 11.9. The molecule has 0 saturated carbocycles. The van der Waals surface area contributed by atoms with Crippen LogP contribution in [-0.2, 0) is 0 Å². The number of aromatic nitrogens is 1. The SMILES string of the molecule is CC(NC(=O)Nc1ccccn1)c1ccc(Cl)s1. The second-order valence-electron chi connectivity index (χ2n) is 3.68. The standard InChI is InChI=1S/C12H12ClN3OS/c1-8(9-5-6-10(13)18-9)15-12(17)16-11-4-2-3-7-14-11/h2-8H,1H3,(H2,14,15,16,17). The fraction of sp³-hybridized carbons (Fsp3) is 0.167. The number of carbonyl (C=O) groups is 1. The van der Waals surface area contributed by atoms with Crippen molar-refractivity contribution in [2.45, 2.75) is 13.0 Å². The summed E-state index contributed by atoms with van der Waals surface area (Å²) in [5, 5.41) is 5.48. The minimum absolute atomic E-state index is 0.0915. The number of halogens is 1. The van der Waals surface area contributed by atoms with Gasteiger partial charge in [0.1, 0.15) is 5.82 Å². The highest BCUT2D eigenvalue weighted by Crippen LogP contribution is 2.26. The van der Waals surface area contributed by atoms with E-state index in [0.717, 1.165) is 4.88 Å². The Morgan fingerprint density at radius 3 is 2.83 bits per heavy atom. The number of thiophene rings is 1. The molecule has 2 N–H and O–H groups in total. The predicted molar refractivity (Wildman–Crippen MR) is 74.1 cm³/mol. The van der Waals surface area contributed by atoms with Crippen LogP contribution in [0.25, 0.3) is 0 Å². The van der Waals surface area contributed by atoms with Gasteiger partial charge in [0.05, 0.1) is 10.4 Å². The van der Waals surface area contributed by atoms with E-state index in [2.05, 4.69) is 15.6 Å². The van der Waals surface area contributed by atoms with Gasteiger partial charge in [-0.2, -0.15) is 0 Å². The molecule has 2 heterocycles. The van der Waals surface area contributed by atoms with Crippen molar-refractivity contribution < 1.29 is 4.79 Å². The van der Waals surface area contributed by atoms with E-state index in [4.69, 9.17) is 11.6 Å². The number of urea groups is 1. The molecule has 2 aromatic heterocycles. The summed E-state index contributed by atoms with van der Waals surface area (Å²) in [6, 6.07) is 8.67. The summed E-state index contributed by atoms with van der Waals surface area (Å²) in [5.41, 5.74) is 0. The lowest BCUT2D eigenvalue weighted by atomic mass is 10.3. The topological polar surface area (TPSA) is 54.0 Å². The van der Waals surface area contributed by atoms with Crippen LogP contribution in [-0.4, -0.2) is 11.0 Å². The Kier molecular flexibility index (Phi) is 4.17. The summed E-state index contributed by atoms with van der Waals surface area (Å²) in [6.07, 6.45) is 1.62. The molecule has 18 heavy (non-hydrogen) atoms. The van der Waals surface area contributed by atoms with E-state index in [-0.39, 0.29) is 12.1 Å². The van der Waals surface area contributed by atoms with Crippen molar-refractivity contribution in [2.75, 3.05) is 5.32 Å². The van der Waals surface area contributed by atoms with Crippen LogP contribution >= 0.6 is 22.9 Å². The number of hydrogen-bond donors (Lipinski definition) is 2. The largest absolute Gasteiger partial charge is 0.330 e. The van der Waals surface area contributed by atoms with Crippen LogP contribution in [0.4, 0.5) is 10.6 Å². The molecule has 2 rings (SSSR count). The molecular weight excluding hydrogens is 270 g/mol. The third-order valence-electron chi connectivity index (χ3n) is 2.27. The lowest BCUT2D eigenvalue weighted by Gasteiger charge is -2.12. The van der Waals surface area contributed by atoms with E-state index in [1.165, 1.54) is 11.3 Å². The maximum atomic E-state index is 11.7. The van der Waals surface area contributed by atoms with E-state index in [0.29, 0.717) is 10.2 Å². The highest BCUT2D eigenvalue weighted by Gasteiger charge is 2.11. The van der Waals surface area contributed by atoms with Crippen LogP contribution < -0.4 is 10.6 Å². The Morgan fingerprint density at radius 1 is 1.39 bits per heavy atom. The van der Waals surface area contributed by atoms with Crippen LogP contribution in [0.5, 0.6) is 0 Å². The van der Waals surface area contributed by atoms with Crippen LogP contribution in [0.15, 0.2) is 36.5 Å². The van der Waals surface area contributed by atoms with Crippen molar-refractivity contribution >= 4 is 34.8 Å². The molecule has 0 bridgehead atoms. The quantitative estimate of drug-likeness (QED) is 0.902. The monoisotopic (exact) mass is 281 g/mol. The fourth-order valence-electron chi connectivity index (χ4n) is 1.42. The summed E-state index contributed by atoms with van der Waals surface area (Å²) in [5.74, 6) is 0.520. The highest BCUT2D eigenvalue weighted by atomic mass is 35.5. The van der Waals surface area contributed by atoms with Crippen LogP contribution in [0.3, 0.4) is 0 Å². The first-order valence-electron chi connectivity index (χ1n) is 5.39. The van der Waals surface area contributed by atoms with Crippen LogP contribution in [0.1, 0.15) is 17.8 Å². The fourth-order valence-corrected chi connectivity index (χ4v) is 2.48. The first-order valence-corrected chi connectivity index (χ1v) is 6.58. The van der Waals surface area contributed by atoms with E-state index in [1.807, 2.05) is 25.1 Å². The Balaban J connectivity index is 1.92. The lowest BCUT2D eigenvalue weighted by molar-refractivity contribution is 0.249. The highest BCUT2D eigenvalue weighted by molar-refractivity contribution is 7.16. The molecular formula is C12H12ClN3OS. The molecule has 0 spiro atoms. The van der Waals surface area contributed by atoms with Crippen molar-refractivity contribution in [1.82, 2.24) is 10.3 Å². The first kappa shape index (κ1) is 12.9. The number of amides is 2. The van der Waals surface area contributed by atoms with Crippen molar-refractivity contribution in [3.63, 3.8) is 0 Å². The zero-order valence-corrected chi connectivity index (χ0v) is 11.3. The van der Waals surface area contributed by atoms with Gasteiger partial charge >= 0.3 is 6.03 Å². The van der Waals surface area contributed by atoms with E-state index in [1.54, 1.807) is 18.3 Å². The molecule has 6 heteroatoms. The molecule has 0 radical (unpaired) electrons. The predicted octanol–water partition coefficient (Wildman–Crippen LogP) is 3.68. The van der Waals surface area contributed by atoms with Gasteiger partial charge in [-0.05, 0) is 31.2 Å². The second kappa shape index (κ2) is 5.84. The summed E-state index contributed by atoms with van der Waals surface area (Å²) in [7, 11) is 0. The average Bonchev–Trinajstić information content (AvgIpc) is 2.77. The molecule has 2 aromatic rings. The zero-order valence-electron chi connectivity index (χ0n) is 9.68. The lowest BCUT2D eigenvalue weighted by Crippen LogP contribution is -2.31. The molecule has 0 aromatic carbocycles. The molecule has 2 amide bonds. The molecule has 0 aliphatic rings. The van der Waals surface area contributed by atoms with E-state index < -0.39 is 0 Å². The number of rotatable bonds is 3. The van der Waals surface area contributed by atoms with E-state index >= 15 is 0 Å². The van der Waals surface area contributed by atoms with Gasteiger partial charge in [0.25, 0.3) is 0 Å². The number of nitrogens with one attached hydrogen (secondary N) is 2. The molecule has 1 atom stereocenters.